The van der Waals surface area contributed by atoms with Gasteiger partial charge in [0.2, 0.25) is 5.91 Å². The van der Waals surface area contributed by atoms with E-state index >= 15 is 0 Å². The number of hydrogen-bond donors (Lipinski definition) is 0. The summed E-state index contributed by atoms with van der Waals surface area (Å²) >= 11 is 7.41. The standard InChI is InChI=1S/C22H24ClN3O3S/c23-17-6-3-5-16(15-17)20(27)24-10-12-25(13-11-24)21(28)18-7-1-2-9-26(18)22(29)19-8-4-14-30-19/h3-6,8,14-15,18H,1-2,7,9-13H2. The van der Waals surface area contributed by atoms with Crippen molar-refractivity contribution in [1.82, 2.24) is 14.7 Å². The zero-order valence-electron chi connectivity index (χ0n) is 16.6. The Balaban J connectivity index is 1.39. The van der Waals surface area contributed by atoms with E-state index in [1.165, 1.54) is 11.3 Å². The smallest absolute Gasteiger partial charge is 0.264 e. The van der Waals surface area contributed by atoms with Crippen molar-refractivity contribution in [2.24, 2.45) is 0 Å². The molecular weight excluding hydrogens is 422 g/mol. The third-order valence-electron chi connectivity index (χ3n) is 5.73. The molecule has 8 heteroatoms. The van der Waals surface area contributed by atoms with Crippen molar-refractivity contribution < 1.29 is 14.4 Å². The lowest BCUT2D eigenvalue weighted by atomic mass is 10.00. The molecule has 158 valence electrons. The fraction of sp³-hybridized carbons (Fsp3) is 0.409. The molecule has 4 rings (SSSR count). The molecule has 0 radical (unpaired) electrons. The fourth-order valence-electron chi connectivity index (χ4n) is 4.12. The Morgan fingerprint density at radius 3 is 2.37 bits per heavy atom. The van der Waals surface area contributed by atoms with Gasteiger partial charge in [0.1, 0.15) is 6.04 Å². The maximum absolute atomic E-state index is 13.2. The first-order valence-electron chi connectivity index (χ1n) is 10.2. The van der Waals surface area contributed by atoms with Crippen LogP contribution < -0.4 is 0 Å². The summed E-state index contributed by atoms with van der Waals surface area (Å²) in [4.78, 5) is 44.8. The Bertz CT molecular complexity index is 925. The maximum Gasteiger partial charge on any atom is 0.264 e. The van der Waals surface area contributed by atoms with Crippen molar-refractivity contribution >= 4 is 40.7 Å². The van der Waals surface area contributed by atoms with E-state index in [1.54, 1.807) is 39.0 Å². The Labute approximate surface area is 185 Å². The average molecular weight is 446 g/mol. The second-order valence-electron chi connectivity index (χ2n) is 7.62. The Morgan fingerprint density at radius 1 is 0.900 bits per heavy atom. The number of thiophene rings is 1. The molecule has 2 saturated heterocycles. The van der Waals surface area contributed by atoms with Gasteiger partial charge in [-0.15, -0.1) is 11.3 Å². The van der Waals surface area contributed by atoms with Gasteiger partial charge in [-0.2, -0.15) is 0 Å². The predicted octanol–water partition coefficient (Wildman–Crippen LogP) is 3.38. The maximum atomic E-state index is 13.2. The van der Waals surface area contributed by atoms with Gasteiger partial charge in [-0.1, -0.05) is 23.7 Å². The first-order valence-corrected chi connectivity index (χ1v) is 11.5. The number of carbonyl (C=O) groups is 3. The quantitative estimate of drug-likeness (QED) is 0.727. The Morgan fingerprint density at radius 2 is 1.67 bits per heavy atom. The van der Waals surface area contributed by atoms with Crippen LogP contribution in [0, 0.1) is 0 Å². The summed E-state index contributed by atoms with van der Waals surface area (Å²) in [5, 5.41) is 2.41. The third-order valence-corrected chi connectivity index (χ3v) is 6.82. The van der Waals surface area contributed by atoms with Crippen molar-refractivity contribution in [3.63, 3.8) is 0 Å². The predicted molar refractivity (Wildman–Crippen MR) is 117 cm³/mol. The number of hydrogen-bond acceptors (Lipinski definition) is 4. The van der Waals surface area contributed by atoms with Gasteiger partial charge in [0.25, 0.3) is 11.8 Å². The molecule has 1 aromatic carbocycles. The van der Waals surface area contributed by atoms with E-state index in [-0.39, 0.29) is 17.7 Å². The van der Waals surface area contributed by atoms with Crippen LogP contribution in [-0.2, 0) is 4.79 Å². The number of benzene rings is 1. The number of carbonyl (C=O) groups excluding carboxylic acids is 3. The largest absolute Gasteiger partial charge is 0.337 e. The summed E-state index contributed by atoms with van der Waals surface area (Å²) in [5.74, 6) is -0.135. The molecule has 3 amide bonds. The number of nitrogens with zero attached hydrogens (tertiary/aromatic N) is 3. The van der Waals surface area contributed by atoms with Crippen LogP contribution in [-0.4, -0.2) is 71.2 Å². The fourth-order valence-corrected chi connectivity index (χ4v) is 4.99. The Hall–Kier alpha value is -2.38. The summed E-state index contributed by atoms with van der Waals surface area (Å²) < 4.78 is 0. The molecule has 1 unspecified atom stereocenters. The first-order chi connectivity index (χ1) is 14.5. The van der Waals surface area contributed by atoms with Gasteiger partial charge in [0.15, 0.2) is 0 Å². The lowest BCUT2D eigenvalue weighted by Gasteiger charge is -2.40. The van der Waals surface area contributed by atoms with Crippen LogP contribution >= 0.6 is 22.9 Å². The molecular formula is C22H24ClN3O3S. The topological polar surface area (TPSA) is 60.9 Å². The Kier molecular flexibility index (Phi) is 6.39. The highest BCUT2D eigenvalue weighted by Gasteiger charge is 2.36. The second kappa shape index (κ2) is 9.18. The summed E-state index contributed by atoms with van der Waals surface area (Å²) in [6.07, 6.45) is 2.55. The van der Waals surface area contributed by atoms with Gasteiger partial charge in [0.05, 0.1) is 4.88 Å². The van der Waals surface area contributed by atoms with Gasteiger partial charge in [-0.3, -0.25) is 14.4 Å². The molecule has 1 aromatic heterocycles. The lowest BCUT2D eigenvalue weighted by molar-refractivity contribution is -0.138. The molecule has 0 saturated carbocycles. The van der Waals surface area contributed by atoms with E-state index in [4.69, 9.17) is 11.6 Å². The minimum atomic E-state index is -0.413. The van der Waals surface area contributed by atoms with Crippen LogP contribution in [0.1, 0.15) is 39.3 Å². The van der Waals surface area contributed by atoms with Crippen molar-refractivity contribution in [3.05, 3.63) is 57.2 Å². The molecule has 2 fully saturated rings. The van der Waals surface area contributed by atoms with Crippen molar-refractivity contribution in [2.75, 3.05) is 32.7 Å². The normalized spacial score (nSPS) is 19.6. The van der Waals surface area contributed by atoms with Crippen molar-refractivity contribution in [3.8, 4) is 0 Å². The number of halogens is 1. The van der Waals surface area contributed by atoms with Gasteiger partial charge >= 0.3 is 0 Å². The molecule has 0 bridgehead atoms. The molecule has 0 aliphatic carbocycles. The van der Waals surface area contributed by atoms with E-state index in [9.17, 15) is 14.4 Å². The molecule has 3 heterocycles. The molecule has 2 aromatic rings. The SMILES string of the molecule is O=C(c1cccc(Cl)c1)N1CCN(C(=O)C2CCCCN2C(=O)c2cccs2)CC1. The zero-order valence-corrected chi connectivity index (χ0v) is 18.2. The van der Waals surface area contributed by atoms with Crippen LogP contribution in [0.4, 0.5) is 0 Å². The number of rotatable bonds is 3. The number of amides is 3. The highest BCUT2D eigenvalue weighted by atomic mass is 35.5. The highest BCUT2D eigenvalue weighted by Crippen LogP contribution is 2.24. The summed E-state index contributed by atoms with van der Waals surface area (Å²) in [6, 6.07) is 10.2. The average Bonchev–Trinajstić information content (AvgIpc) is 3.33. The summed E-state index contributed by atoms with van der Waals surface area (Å²) in [7, 11) is 0. The number of likely N-dealkylation sites (tertiary alicyclic amines) is 1. The number of piperidine rings is 1. The van der Waals surface area contributed by atoms with Crippen molar-refractivity contribution in [2.45, 2.75) is 25.3 Å². The van der Waals surface area contributed by atoms with E-state index < -0.39 is 6.04 Å². The molecule has 6 nitrogen and oxygen atoms in total. The van der Waals surface area contributed by atoms with Gasteiger partial charge < -0.3 is 14.7 Å². The van der Waals surface area contributed by atoms with E-state index in [1.807, 2.05) is 17.5 Å². The zero-order chi connectivity index (χ0) is 21.1. The summed E-state index contributed by atoms with van der Waals surface area (Å²) in [6.45, 7) is 2.51. The van der Waals surface area contributed by atoms with E-state index in [0.29, 0.717) is 54.6 Å². The molecule has 1 atom stereocenters. The van der Waals surface area contributed by atoms with Crippen LogP contribution in [0.5, 0.6) is 0 Å². The summed E-state index contributed by atoms with van der Waals surface area (Å²) in [5.41, 5.74) is 0.558. The van der Waals surface area contributed by atoms with Crippen LogP contribution in [0.3, 0.4) is 0 Å². The first kappa shape index (κ1) is 20.9. The molecule has 2 aliphatic rings. The van der Waals surface area contributed by atoms with E-state index in [2.05, 4.69) is 0 Å². The van der Waals surface area contributed by atoms with Gasteiger partial charge in [0, 0.05) is 43.3 Å². The van der Waals surface area contributed by atoms with Crippen LogP contribution in [0.25, 0.3) is 0 Å². The van der Waals surface area contributed by atoms with Crippen LogP contribution in [0.15, 0.2) is 41.8 Å². The second-order valence-corrected chi connectivity index (χ2v) is 9.00. The van der Waals surface area contributed by atoms with Gasteiger partial charge in [-0.05, 0) is 48.9 Å². The molecule has 0 spiro atoms. The lowest BCUT2D eigenvalue weighted by Crippen LogP contribution is -2.57. The monoisotopic (exact) mass is 445 g/mol. The van der Waals surface area contributed by atoms with E-state index in [0.717, 1.165) is 12.8 Å². The molecule has 2 aliphatic heterocycles. The van der Waals surface area contributed by atoms with Gasteiger partial charge in [-0.25, -0.2) is 0 Å². The highest BCUT2D eigenvalue weighted by molar-refractivity contribution is 7.12. The molecule has 30 heavy (non-hydrogen) atoms. The number of piperazine rings is 1. The minimum Gasteiger partial charge on any atom is -0.337 e. The molecule has 0 N–H and O–H groups in total. The minimum absolute atomic E-state index is 0.00513. The third kappa shape index (κ3) is 4.37. The van der Waals surface area contributed by atoms with Crippen LogP contribution in [0.2, 0.25) is 5.02 Å². The van der Waals surface area contributed by atoms with Crippen molar-refractivity contribution in [1.29, 1.82) is 0 Å².